The number of piperazine rings is 1. The molecule has 6 heteroatoms. The maximum absolute atomic E-state index is 12.8. The van der Waals surface area contributed by atoms with E-state index in [0.29, 0.717) is 31.1 Å². The van der Waals surface area contributed by atoms with Crippen molar-refractivity contribution in [1.82, 2.24) is 14.8 Å². The van der Waals surface area contributed by atoms with Gasteiger partial charge in [-0.2, -0.15) is 0 Å². The van der Waals surface area contributed by atoms with Crippen molar-refractivity contribution < 1.29 is 9.53 Å². The van der Waals surface area contributed by atoms with Crippen molar-refractivity contribution in [2.75, 3.05) is 32.8 Å². The summed E-state index contributed by atoms with van der Waals surface area (Å²) in [6, 6.07) is 11.5. The third-order valence-electron chi connectivity index (χ3n) is 4.24. The molecule has 2 heterocycles. The summed E-state index contributed by atoms with van der Waals surface area (Å²) < 4.78 is 5.48. The first-order valence-electron chi connectivity index (χ1n) is 8.51. The SMILES string of the molecule is CCOc1ncccc1C(=O)N1CCN(Cc2cccc(Cl)c2)CC1. The molecule has 1 amide bonds. The van der Waals surface area contributed by atoms with Crippen LogP contribution in [0.4, 0.5) is 0 Å². The van der Waals surface area contributed by atoms with Crippen LogP contribution in [0.3, 0.4) is 0 Å². The number of benzene rings is 1. The number of carbonyl (C=O) groups is 1. The second-order valence-corrected chi connectivity index (χ2v) is 6.42. The van der Waals surface area contributed by atoms with Crippen LogP contribution in [-0.2, 0) is 6.54 Å². The molecule has 0 bridgehead atoms. The van der Waals surface area contributed by atoms with Gasteiger partial charge in [-0.15, -0.1) is 0 Å². The van der Waals surface area contributed by atoms with Gasteiger partial charge in [-0.05, 0) is 36.8 Å². The Balaban J connectivity index is 1.59. The molecule has 1 saturated heterocycles. The molecule has 0 saturated carbocycles. The topological polar surface area (TPSA) is 45.7 Å². The Morgan fingerprint density at radius 3 is 2.72 bits per heavy atom. The number of pyridine rings is 1. The molecule has 0 aliphatic carbocycles. The number of hydrogen-bond acceptors (Lipinski definition) is 4. The molecule has 1 aromatic heterocycles. The lowest BCUT2D eigenvalue weighted by molar-refractivity contribution is 0.0623. The third-order valence-corrected chi connectivity index (χ3v) is 4.47. The maximum atomic E-state index is 12.8. The fraction of sp³-hybridized carbons (Fsp3) is 0.368. The lowest BCUT2D eigenvalue weighted by Gasteiger charge is -2.35. The highest BCUT2D eigenvalue weighted by atomic mass is 35.5. The van der Waals surface area contributed by atoms with Gasteiger partial charge in [0.2, 0.25) is 5.88 Å². The second kappa shape index (κ2) is 8.32. The monoisotopic (exact) mass is 359 g/mol. The molecule has 1 aliphatic rings. The van der Waals surface area contributed by atoms with E-state index in [1.165, 1.54) is 5.56 Å². The van der Waals surface area contributed by atoms with E-state index in [1.807, 2.05) is 30.0 Å². The second-order valence-electron chi connectivity index (χ2n) is 5.99. The molecule has 2 aromatic rings. The van der Waals surface area contributed by atoms with Crippen molar-refractivity contribution in [3.8, 4) is 5.88 Å². The lowest BCUT2D eigenvalue weighted by Crippen LogP contribution is -2.48. The highest BCUT2D eigenvalue weighted by molar-refractivity contribution is 6.30. The zero-order valence-electron chi connectivity index (χ0n) is 14.3. The van der Waals surface area contributed by atoms with Crippen LogP contribution in [-0.4, -0.2) is 53.5 Å². The Bertz CT molecular complexity index is 730. The van der Waals surface area contributed by atoms with Crippen LogP contribution in [0, 0.1) is 0 Å². The Morgan fingerprint density at radius 1 is 1.20 bits per heavy atom. The number of ether oxygens (including phenoxy) is 1. The van der Waals surface area contributed by atoms with Gasteiger partial charge in [-0.3, -0.25) is 9.69 Å². The molecule has 5 nitrogen and oxygen atoms in total. The maximum Gasteiger partial charge on any atom is 0.259 e. The van der Waals surface area contributed by atoms with E-state index in [1.54, 1.807) is 18.3 Å². The average molecular weight is 360 g/mol. The van der Waals surface area contributed by atoms with Crippen molar-refractivity contribution in [2.24, 2.45) is 0 Å². The summed E-state index contributed by atoms with van der Waals surface area (Å²) in [5.41, 5.74) is 1.73. The van der Waals surface area contributed by atoms with Gasteiger partial charge in [-0.1, -0.05) is 23.7 Å². The summed E-state index contributed by atoms with van der Waals surface area (Å²) in [5.74, 6) is 0.398. The molecule has 3 rings (SSSR count). The summed E-state index contributed by atoms with van der Waals surface area (Å²) in [6.07, 6.45) is 1.64. The largest absolute Gasteiger partial charge is 0.477 e. The van der Waals surface area contributed by atoms with E-state index < -0.39 is 0 Å². The van der Waals surface area contributed by atoms with Crippen LogP contribution in [0.25, 0.3) is 0 Å². The number of amides is 1. The smallest absolute Gasteiger partial charge is 0.259 e. The minimum atomic E-state index is -0.0149. The van der Waals surface area contributed by atoms with Crippen LogP contribution in [0.2, 0.25) is 5.02 Å². The van der Waals surface area contributed by atoms with Crippen molar-refractivity contribution in [3.63, 3.8) is 0 Å². The number of hydrogen-bond donors (Lipinski definition) is 0. The van der Waals surface area contributed by atoms with E-state index in [2.05, 4.69) is 16.0 Å². The first kappa shape index (κ1) is 17.7. The first-order chi connectivity index (χ1) is 12.2. The number of carbonyl (C=O) groups excluding carboxylic acids is 1. The van der Waals surface area contributed by atoms with E-state index in [9.17, 15) is 4.79 Å². The predicted octanol–water partition coefficient (Wildman–Crippen LogP) is 3.09. The standard InChI is InChI=1S/C19H22ClN3O2/c1-2-25-18-17(7-4-8-21-18)19(24)23-11-9-22(10-12-23)14-15-5-3-6-16(20)13-15/h3-8,13H,2,9-12,14H2,1H3. The van der Waals surface area contributed by atoms with E-state index in [4.69, 9.17) is 16.3 Å². The normalized spacial score (nSPS) is 15.2. The van der Waals surface area contributed by atoms with Gasteiger partial charge in [0, 0.05) is 43.9 Å². The van der Waals surface area contributed by atoms with Gasteiger partial charge in [0.25, 0.3) is 5.91 Å². The zero-order chi connectivity index (χ0) is 17.6. The number of nitrogens with zero attached hydrogens (tertiary/aromatic N) is 3. The van der Waals surface area contributed by atoms with Crippen LogP contribution < -0.4 is 4.74 Å². The first-order valence-corrected chi connectivity index (χ1v) is 8.89. The molecule has 1 aliphatic heterocycles. The fourth-order valence-electron chi connectivity index (χ4n) is 2.98. The highest BCUT2D eigenvalue weighted by Crippen LogP contribution is 2.19. The summed E-state index contributed by atoms with van der Waals surface area (Å²) >= 11 is 6.05. The molecule has 0 atom stereocenters. The van der Waals surface area contributed by atoms with Gasteiger partial charge in [0.15, 0.2) is 0 Å². The predicted molar refractivity (Wildman–Crippen MR) is 98.0 cm³/mol. The highest BCUT2D eigenvalue weighted by Gasteiger charge is 2.24. The summed E-state index contributed by atoms with van der Waals surface area (Å²) in [6.45, 7) is 6.28. The molecular formula is C19H22ClN3O2. The molecule has 1 aromatic carbocycles. The molecule has 0 N–H and O–H groups in total. The van der Waals surface area contributed by atoms with Crippen molar-refractivity contribution in [1.29, 1.82) is 0 Å². The van der Waals surface area contributed by atoms with Crippen molar-refractivity contribution in [2.45, 2.75) is 13.5 Å². The van der Waals surface area contributed by atoms with Gasteiger partial charge in [0.1, 0.15) is 5.56 Å². The van der Waals surface area contributed by atoms with Crippen molar-refractivity contribution >= 4 is 17.5 Å². The van der Waals surface area contributed by atoms with Crippen LogP contribution in [0.15, 0.2) is 42.6 Å². The van der Waals surface area contributed by atoms with Gasteiger partial charge in [0.05, 0.1) is 6.61 Å². The molecule has 1 fully saturated rings. The minimum Gasteiger partial charge on any atom is -0.477 e. The van der Waals surface area contributed by atoms with E-state index in [-0.39, 0.29) is 5.91 Å². The van der Waals surface area contributed by atoms with E-state index >= 15 is 0 Å². The third kappa shape index (κ3) is 4.50. The molecule has 0 unspecified atom stereocenters. The van der Waals surface area contributed by atoms with Gasteiger partial charge < -0.3 is 9.64 Å². The molecule has 132 valence electrons. The zero-order valence-corrected chi connectivity index (χ0v) is 15.1. The molecular weight excluding hydrogens is 338 g/mol. The van der Waals surface area contributed by atoms with E-state index in [0.717, 1.165) is 24.7 Å². The summed E-state index contributed by atoms with van der Waals surface area (Å²) in [4.78, 5) is 21.2. The number of halogens is 1. The quantitative estimate of drug-likeness (QED) is 0.823. The van der Waals surface area contributed by atoms with Crippen molar-refractivity contribution in [3.05, 3.63) is 58.7 Å². The Morgan fingerprint density at radius 2 is 2.00 bits per heavy atom. The average Bonchev–Trinajstić information content (AvgIpc) is 2.63. The Hall–Kier alpha value is -2.11. The Kier molecular flexibility index (Phi) is 5.89. The fourth-order valence-corrected chi connectivity index (χ4v) is 3.19. The summed E-state index contributed by atoms with van der Waals surface area (Å²) in [5, 5.41) is 0.756. The van der Waals surface area contributed by atoms with Crippen LogP contribution in [0.5, 0.6) is 5.88 Å². The number of rotatable bonds is 5. The van der Waals surface area contributed by atoms with Gasteiger partial charge in [-0.25, -0.2) is 4.98 Å². The van der Waals surface area contributed by atoms with Crippen LogP contribution >= 0.6 is 11.6 Å². The summed E-state index contributed by atoms with van der Waals surface area (Å²) in [7, 11) is 0. The van der Waals surface area contributed by atoms with Gasteiger partial charge >= 0.3 is 0 Å². The number of aromatic nitrogens is 1. The lowest BCUT2D eigenvalue weighted by atomic mass is 10.2. The Labute approximate surface area is 153 Å². The molecule has 0 spiro atoms. The molecule has 25 heavy (non-hydrogen) atoms. The minimum absolute atomic E-state index is 0.0149. The van der Waals surface area contributed by atoms with Crippen LogP contribution in [0.1, 0.15) is 22.8 Å². The molecule has 0 radical (unpaired) electrons.